The van der Waals surface area contributed by atoms with Crippen molar-refractivity contribution in [3.8, 4) is 22.7 Å². The molecule has 2 heterocycles. The molecule has 2 fully saturated rings. The van der Waals surface area contributed by atoms with Crippen molar-refractivity contribution >= 4 is 40.3 Å². The van der Waals surface area contributed by atoms with E-state index in [0.29, 0.717) is 15.8 Å². The van der Waals surface area contributed by atoms with Gasteiger partial charge in [-0.05, 0) is 68.2 Å². The van der Waals surface area contributed by atoms with Crippen molar-refractivity contribution in [3.63, 3.8) is 0 Å². The molecule has 1 saturated carbocycles. The van der Waals surface area contributed by atoms with Gasteiger partial charge in [0.1, 0.15) is 15.8 Å². The summed E-state index contributed by atoms with van der Waals surface area (Å²) in [6.45, 7) is 4.84. The zero-order chi connectivity index (χ0) is 25.1. The van der Waals surface area contributed by atoms with Crippen LogP contribution in [-0.4, -0.2) is 37.6 Å². The summed E-state index contributed by atoms with van der Waals surface area (Å²) in [7, 11) is 0. The minimum atomic E-state index is 0.0230. The Bertz CT molecular complexity index is 1290. The Kier molecular flexibility index (Phi) is 7.58. The molecule has 1 aliphatic heterocycles. The molecule has 0 radical (unpaired) electrons. The Balaban J connectivity index is 1.53. The Morgan fingerprint density at radius 3 is 2.64 bits per heavy atom. The van der Waals surface area contributed by atoms with Crippen LogP contribution in [0.25, 0.3) is 23.0 Å². The molecule has 0 atom stereocenters. The lowest BCUT2D eigenvalue weighted by atomic mass is 9.94. The number of carbonyl (C=O) groups is 1. The molecule has 5 nitrogen and oxygen atoms in total. The molecule has 2 aliphatic rings. The third-order valence-corrected chi connectivity index (χ3v) is 8.05. The Hall–Kier alpha value is -2.90. The second kappa shape index (κ2) is 11.0. The molecule has 36 heavy (non-hydrogen) atoms. The van der Waals surface area contributed by atoms with E-state index in [4.69, 9.17) is 22.1 Å². The molecule has 1 aliphatic carbocycles. The molecule has 0 unspecified atom stereocenters. The first kappa shape index (κ1) is 24.8. The first-order valence-electron chi connectivity index (χ1n) is 12.7. The highest BCUT2D eigenvalue weighted by Gasteiger charge is 2.37. The molecule has 3 aromatic rings. The van der Waals surface area contributed by atoms with E-state index in [-0.39, 0.29) is 11.9 Å². The fourth-order valence-electron chi connectivity index (χ4n) is 4.88. The van der Waals surface area contributed by atoms with Crippen LogP contribution < -0.4 is 4.74 Å². The number of amides is 1. The van der Waals surface area contributed by atoms with Crippen molar-refractivity contribution in [2.24, 2.45) is 0 Å². The summed E-state index contributed by atoms with van der Waals surface area (Å²) in [6.07, 6.45) is 10.5. The zero-order valence-electron chi connectivity index (χ0n) is 20.8. The van der Waals surface area contributed by atoms with Gasteiger partial charge < -0.3 is 4.74 Å². The standard InChI is InChI=1S/C29H31N3O2S2/c1-3-16-34-25-15-14-21(17-20(25)2)27-22(19-31(30-27)23-10-6-4-7-11-23)18-26-28(33)32(29(35)36-26)24-12-8-5-9-13-24/h4,6-7,10-11,14-15,17-19,24H,3,5,8-9,12-13,16H2,1-2H3. The van der Waals surface area contributed by atoms with Crippen LogP contribution >= 0.6 is 24.0 Å². The molecule has 186 valence electrons. The van der Waals surface area contributed by atoms with Gasteiger partial charge in [-0.15, -0.1) is 0 Å². The van der Waals surface area contributed by atoms with Crippen LogP contribution in [0.4, 0.5) is 0 Å². The maximum atomic E-state index is 13.4. The number of rotatable bonds is 7. The summed E-state index contributed by atoms with van der Waals surface area (Å²) in [5, 5.41) is 4.94. The maximum Gasteiger partial charge on any atom is 0.266 e. The van der Waals surface area contributed by atoms with E-state index in [9.17, 15) is 4.79 Å². The second-order valence-electron chi connectivity index (χ2n) is 9.39. The predicted octanol–water partition coefficient (Wildman–Crippen LogP) is 7.17. The summed E-state index contributed by atoms with van der Waals surface area (Å²) in [4.78, 5) is 16.0. The summed E-state index contributed by atoms with van der Waals surface area (Å²) in [5.74, 6) is 0.910. The van der Waals surface area contributed by atoms with Gasteiger partial charge in [-0.1, -0.05) is 68.4 Å². The Morgan fingerprint density at radius 2 is 1.92 bits per heavy atom. The minimum Gasteiger partial charge on any atom is -0.493 e. The molecule has 5 rings (SSSR count). The number of hydrogen-bond donors (Lipinski definition) is 0. The number of para-hydroxylation sites is 1. The summed E-state index contributed by atoms with van der Waals surface area (Å²) in [5.41, 5.74) is 4.73. The SMILES string of the molecule is CCCOc1ccc(-c2nn(-c3ccccc3)cc2C=C2SC(=S)N(C3CCCCC3)C2=O)cc1C. The highest BCUT2D eigenvalue weighted by atomic mass is 32.2. The van der Waals surface area contributed by atoms with Crippen molar-refractivity contribution in [2.45, 2.75) is 58.4 Å². The number of hydrogen-bond acceptors (Lipinski definition) is 5. The monoisotopic (exact) mass is 517 g/mol. The van der Waals surface area contributed by atoms with Gasteiger partial charge in [0.25, 0.3) is 5.91 Å². The number of nitrogens with zero attached hydrogens (tertiary/aromatic N) is 3. The molecule has 1 aromatic heterocycles. The number of carbonyl (C=O) groups excluding carboxylic acids is 1. The molecule has 2 aromatic carbocycles. The summed E-state index contributed by atoms with van der Waals surface area (Å²) < 4.78 is 8.42. The first-order valence-corrected chi connectivity index (χ1v) is 13.9. The van der Waals surface area contributed by atoms with Gasteiger partial charge in [-0.2, -0.15) is 5.10 Å². The van der Waals surface area contributed by atoms with Crippen LogP contribution in [0.2, 0.25) is 0 Å². The fourth-order valence-corrected chi connectivity index (χ4v) is 6.27. The lowest BCUT2D eigenvalue weighted by Crippen LogP contribution is -2.39. The minimum absolute atomic E-state index is 0.0230. The van der Waals surface area contributed by atoms with Gasteiger partial charge in [0, 0.05) is 23.4 Å². The number of thiocarbonyl (C=S) groups is 1. The average Bonchev–Trinajstić information content (AvgIpc) is 3.44. The van der Waals surface area contributed by atoms with Gasteiger partial charge in [-0.25, -0.2) is 4.68 Å². The fraction of sp³-hybridized carbons (Fsp3) is 0.345. The largest absolute Gasteiger partial charge is 0.493 e. The summed E-state index contributed by atoms with van der Waals surface area (Å²) in [6, 6.07) is 16.4. The molecule has 1 saturated heterocycles. The van der Waals surface area contributed by atoms with Crippen LogP contribution in [0.15, 0.2) is 59.6 Å². The number of aromatic nitrogens is 2. The maximum absolute atomic E-state index is 13.4. The van der Waals surface area contributed by atoms with Crippen LogP contribution in [0, 0.1) is 6.92 Å². The predicted molar refractivity (Wildman–Crippen MR) is 151 cm³/mol. The molecular formula is C29H31N3O2S2. The van der Waals surface area contributed by atoms with E-state index in [1.54, 1.807) is 0 Å². The average molecular weight is 518 g/mol. The topological polar surface area (TPSA) is 47.4 Å². The van der Waals surface area contributed by atoms with Gasteiger partial charge in [-0.3, -0.25) is 9.69 Å². The van der Waals surface area contributed by atoms with E-state index in [1.807, 2.05) is 64.3 Å². The first-order chi connectivity index (χ1) is 17.5. The van der Waals surface area contributed by atoms with Crippen LogP contribution in [0.5, 0.6) is 5.75 Å². The number of ether oxygens (including phenoxy) is 1. The highest BCUT2D eigenvalue weighted by molar-refractivity contribution is 8.26. The smallest absolute Gasteiger partial charge is 0.266 e. The third-order valence-electron chi connectivity index (χ3n) is 6.72. The molecule has 1 amide bonds. The Labute approximate surface area is 222 Å². The molecule has 0 N–H and O–H groups in total. The normalized spacial score (nSPS) is 17.8. The quantitative estimate of drug-likeness (QED) is 0.246. The molecule has 0 bridgehead atoms. The molecule has 0 spiro atoms. The van der Waals surface area contributed by atoms with Crippen molar-refractivity contribution in [2.75, 3.05) is 6.61 Å². The van der Waals surface area contributed by atoms with E-state index in [0.717, 1.165) is 65.9 Å². The second-order valence-corrected chi connectivity index (χ2v) is 11.1. The van der Waals surface area contributed by atoms with Crippen LogP contribution in [0.3, 0.4) is 0 Å². The lowest BCUT2D eigenvalue weighted by molar-refractivity contribution is -0.124. The lowest BCUT2D eigenvalue weighted by Gasteiger charge is -2.29. The molecule has 7 heteroatoms. The number of thioether (sulfide) groups is 1. The molecular weight excluding hydrogens is 486 g/mol. The van der Waals surface area contributed by atoms with E-state index in [1.165, 1.54) is 18.2 Å². The van der Waals surface area contributed by atoms with E-state index < -0.39 is 0 Å². The third kappa shape index (κ3) is 5.13. The number of aryl methyl sites for hydroxylation is 1. The van der Waals surface area contributed by atoms with Gasteiger partial charge >= 0.3 is 0 Å². The van der Waals surface area contributed by atoms with E-state index >= 15 is 0 Å². The van der Waals surface area contributed by atoms with Crippen molar-refractivity contribution in [1.82, 2.24) is 14.7 Å². The van der Waals surface area contributed by atoms with Crippen molar-refractivity contribution < 1.29 is 9.53 Å². The van der Waals surface area contributed by atoms with Crippen molar-refractivity contribution in [3.05, 3.63) is 70.8 Å². The Morgan fingerprint density at radius 1 is 1.14 bits per heavy atom. The van der Waals surface area contributed by atoms with Crippen molar-refractivity contribution in [1.29, 1.82) is 0 Å². The number of benzene rings is 2. The van der Waals surface area contributed by atoms with Gasteiger partial charge in [0.15, 0.2) is 0 Å². The van der Waals surface area contributed by atoms with Crippen LogP contribution in [-0.2, 0) is 4.79 Å². The highest BCUT2D eigenvalue weighted by Crippen LogP contribution is 2.39. The van der Waals surface area contributed by atoms with Gasteiger partial charge in [0.2, 0.25) is 0 Å². The van der Waals surface area contributed by atoms with Gasteiger partial charge in [0.05, 0.1) is 17.2 Å². The van der Waals surface area contributed by atoms with Crippen LogP contribution in [0.1, 0.15) is 56.6 Å². The zero-order valence-corrected chi connectivity index (χ0v) is 22.4. The summed E-state index contributed by atoms with van der Waals surface area (Å²) >= 11 is 7.06. The van der Waals surface area contributed by atoms with E-state index in [2.05, 4.69) is 19.9 Å².